The zero-order valence-corrected chi connectivity index (χ0v) is 24.4. The van der Waals surface area contributed by atoms with Gasteiger partial charge in [0.15, 0.2) is 9.84 Å². The Balaban J connectivity index is 1.66. The Bertz CT molecular complexity index is 1420. The zero-order chi connectivity index (χ0) is 27.9. The van der Waals surface area contributed by atoms with Crippen LogP contribution in [0.1, 0.15) is 62.6 Å². The van der Waals surface area contributed by atoms with Crippen molar-refractivity contribution in [1.29, 1.82) is 0 Å². The van der Waals surface area contributed by atoms with Gasteiger partial charge < -0.3 is 9.64 Å². The minimum atomic E-state index is -3.55. The van der Waals surface area contributed by atoms with Crippen LogP contribution in [0.15, 0.2) is 54.7 Å². The summed E-state index contributed by atoms with van der Waals surface area (Å²) in [6.45, 7) is 5.10. The predicted molar refractivity (Wildman–Crippen MR) is 150 cm³/mol. The number of sulfone groups is 1. The fourth-order valence-electron chi connectivity index (χ4n) is 5.12. The fraction of sp³-hybridized carbons (Fsp3) is 0.464. The van der Waals surface area contributed by atoms with Crippen molar-refractivity contribution in [2.75, 3.05) is 5.75 Å². The summed E-state index contributed by atoms with van der Waals surface area (Å²) in [7, 11) is -3.55. The molecule has 1 aliphatic carbocycles. The third-order valence-corrected chi connectivity index (χ3v) is 10.7. The van der Waals surface area contributed by atoms with Gasteiger partial charge in [0.1, 0.15) is 12.2 Å². The molecule has 0 bridgehead atoms. The van der Waals surface area contributed by atoms with Gasteiger partial charge in [0.2, 0.25) is 0 Å². The van der Waals surface area contributed by atoms with Crippen LogP contribution in [0.4, 0.5) is 0 Å². The molecule has 0 radical (unpaired) electrons. The summed E-state index contributed by atoms with van der Waals surface area (Å²) in [6.07, 6.45) is 1.97. The summed E-state index contributed by atoms with van der Waals surface area (Å²) >= 11 is 12.6. The van der Waals surface area contributed by atoms with E-state index in [0.29, 0.717) is 15.7 Å². The van der Waals surface area contributed by atoms with Gasteiger partial charge in [0, 0.05) is 22.5 Å². The van der Waals surface area contributed by atoms with Crippen molar-refractivity contribution < 1.29 is 17.9 Å². The molecule has 1 aliphatic heterocycles. The smallest absolute Gasteiger partial charge is 0.253 e. The molecule has 4 atom stereocenters. The number of aromatic nitrogens is 3. The summed E-state index contributed by atoms with van der Waals surface area (Å²) in [4.78, 5) is 16.1. The summed E-state index contributed by atoms with van der Waals surface area (Å²) in [5, 5.41) is 11.7. The predicted octanol–water partition coefficient (Wildman–Crippen LogP) is 5.36. The Morgan fingerprint density at radius 2 is 1.79 bits per heavy atom. The first-order valence-corrected chi connectivity index (χ1v) is 15.4. The van der Waals surface area contributed by atoms with Crippen LogP contribution in [-0.2, 0) is 25.8 Å². The Morgan fingerprint density at radius 1 is 1.08 bits per heavy atom. The van der Waals surface area contributed by atoms with Crippen molar-refractivity contribution in [3.63, 3.8) is 0 Å². The van der Waals surface area contributed by atoms with Gasteiger partial charge in [-0.25, -0.2) is 8.42 Å². The number of ether oxygens (including phenoxy) is 1. The third kappa shape index (κ3) is 6.01. The summed E-state index contributed by atoms with van der Waals surface area (Å²) in [5.74, 6) is -0.320. The van der Waals surface area contributed by atoms with Crippen molar-refractivity contribution in [3.8, 4) is 0 Å². The normalized spacial score (nSPS) is 23.2. The lowest BCUT2D eigenvalue weighted by molar-refractivity contribution is -0.179. The molecule has 4 unspecified atom stereocenters. The monoisotopic (exact) mass is 590 g/mol. The molecular formula is C28H32Cl2N4O4S. The summed E-state index contributed by atoms with van der Waals surface area (Å²) in [5.41, 5.74) is 2.17. The minimum absolute atomic E-state index is 0.0756. The number of morpholine rings is 1. The molecule has 39 heavy (non-hydrogen) atoms. The largest absolute Gasteiger partial charge is 0.358 e. The number of nitrogens with zero attached hydrogens (tertiary/aromatic N) is 3. The van der Waals surface area contributed by atoms with E-state index in [9.17, 15) is 13.2 Å². The van der Waals surface area contributed by atoms with Crippen LogP contribution in [0.5, 0.6) is 0 Å². The van der Waals surface area contributed by atoms with E-state index in [2.05, 4.69) is 15.4 Å². The second-order valence-corrected chi connectivity index (χ2v) is 15.0. The standard InChI is InChI=1S/C28H32Cl2N4O4S/c1-28(2,3)39(36,37)16-23(17-7-8-17)34-25(18-9-11-20(29)12-10-18)26(19-5-4-6-21(30)13-19)38-24(27(34)35)14-22-15-31-33-32-22/h4-6,9-13,15,17,23-26H,7-8,14,16H2,1-3H3,(H,31,32,33). The van der Waals surface area contributed by atoms with Gasteiger partial charge in [0.05, 0.1) is 28.4 Å². The molecule has 2 heterocycles. The maximum Gasteiger partial charge on any atom is 0.253 e. The maximum absolute atomic E-state index is 14.4. The number of nitrogens with one attached hydrogen (secondary N) is 1. The first-order chi connectivity index (χ1) is 18.4. The Morgan fingerprint density at radius 3 is 2.38 bits per heavy atom. The quantitative estimate of drug-likeness (QED) is 0.379. The number of halogens is 2. The number of H-pyrrole nitrogens is 1. The second kappa shape index (κ2) is 10.8. The zero-order valence-electron chi connectivity index (χ0n) is 22.1. The van der Waals surface area contributed by atoms with Crippen LogP contribution in [-0.4, -0.2) is 57.3 Å². The summed E-state index contributed by atoms with van der Waals surface area (Å²) in [6, 6.07) is 13.5. The van der Waals surface area contributed by atoms with Crippen molar-refractivity contribution in [2.24, 2.45) is 5.92 Å². The van der Waals surface area contributed by atoms with E-state index in [1.807, 2.05) is 30.3 Å². The first kappa shape index (κ1) is 28.1. The minimum Gasteiger partial charge on any atom is -0.358 e. The van der Waals surface area contributed by atoms with Gasteiger partial charge in [-0.1, -0.05) is 47.5 Å². The number of carbonyl (C=O) groups is 1. The fourth-order valence-corrected chi connectivity index (χ4v) is 6.82. The second-order valence-electron chi connectivity index (χ2n) is 11.3. The molecular weight excluding hydrogens is 559 g/mol. The number of hydrogen-bond acceptors (Lipinski definition) is 6. The van der Waals surface area contributed by atoms with Crippen molar-refractivity contribution in [3.05, 3.63) is 81.6 Å². The Hall–Kier alpha value is -2.46. The number of benzene rings is 2. The number of carbonyl (C=O) groups excluding carboxylic acids is 1. The Kier molecular flexibility index (Phi) is 7.81. The van der Waals surface area contributed by atoms with Crippen LogP contribution < -0.4 is 0 Å². The summed E-state index contributed by atoms with van der Waals surface area (Å²) < 4.78 is 32.7. The van der Waals surface area contributed by atoms with Crippen LogP contribution in [0.2, 0.25) is 10.0 Å². The number of amides is 1. The topological polar surface area (TPSA) is 105 Å². The highest BCUT2D eigenvalue weighted by Crippen LogP contribution is 2.48. The molecule has 2 aromatic carbocycles. The van der Waals surface area contributed by atoms with Gasteiger partial charge in [-0.15, -0.1) is 0 Å². The molecule has 8 nitrogen and oxygen atoms in total. The highest BCUT2D eigenvalue weighted by molar-refractivity contribution is 7.92. The SMILES string of the molecule is CC(C)(C)S(=O)(=O)CC(C1CC1)N1C(=O)C(Cc2cn[nH]n2)OC(c2cccc(Cl)c2)C1c1ccc(Cl)cc1. The van der Waals surface area contributed by atoms with E-state index in [4.69, 9.17) is 27.9 Å². The lowest BCUT2D eigenvalue weighted by Crippen LogP contribution is -2.58. The van der Waals surface area contributed by atoms with E-state index in [1.54, 1.807) is 50.1 Å². The number of aromatic amines is 1. The van der Waals surface area contributed by atoms with E-state index in [0.717, 1.165) is 24.0 Å². The van der Waals surface area contributed by atoms with E-state index >= 15 is 0 Å². The van der Waals surface area contributed by atoms with Gasteiger partial charge in [-0.05, 0) is 74.9 Å². The average Bonchev–Trinajstić information content (AvgIpc) is 3.59. The van der Waals surface area contributed by atoms with Crippen molar-refractivity contribution >= 4 is 38.9 Å². The molecule has 208 valence electrons. The molecule has 5 rings (SSSR count). The lowest BCUT2D eigenvalue weighted by atomic mass is 9.89. The molecule has 1 saturated heterocycles. The van der Waals surface area contributed by atoms with Crippen molar-refractivity contribution in [2.45, 2.75) is 69.1 Å². The van der Waals surface area contributed by atoms with Crippen LogP contribution >= 0.6 is 23.2 Å². The molecule has 3 aromatic rings. The van der Waals surface area contributed by atoms with Crippen LogP contribution in [0.3, 0.4) is 0 Å². The van der Waals surface area contributed by atoms with Gasteiger partial charge in [-0.2, -0.15) is 15.4 Å². The first-order valence-electron chi connectivity index (χ1n) is 13.0. The highest BCUT2D eigenvalue weighted by Gasteiger charge is 2.52. The lowest BCUT2D eigenvalue weighted by Gasteiger charge is -2.48. The Labute approximate surface area is 238 Å². The molecule has 11 heteroatoms. The van der Waals surface area contributed by atoms with E-state index < -0.39 is 38.9 Å². The number of hydrogen-bond donors (Lipinski definition) is 1. The molecule has 0 spiro atoms. The van der Waals surface area contributed by atoms with Crippen LogP contribution in [0, 0.1) is 5.92 Å². The highest BCUT2D eigenvalue weighted by atomic mass is 35.5. The van der Waals surface area contributed by atoms with Gasteiger partial charge >= 0.3 is 0 Å². The molecule has 1 saturated carbocycles. The third-order valence-electron chi connectivity index (χ3n) is 7.52. The maximum atomic E-state index is 14.4. The average molecular weight is 592 g/mol. The van der Waals surface area contributed by atoms with Gasteiger partial charge in [0.25, 0.3) is 5.91 Å². The van der Waals surface area contributed by atoms with Crippen LogP contribution in [0.25, 0.3) is 0 Å². The van der Waals surface area contributed by atoms with Crippen molar-refractivity contribution in [1.82, 2.24) is 20.3 Å². The molecule has 1 aromatic heterocycles. The van der Waals surface area contributed by atoms with Gasteiger partial charge in [-0.3, -0.25) is 4.79 Å². The number of rotatable bonds is 8. The molecule has 2 fully saturated rings. The van der Waals surface area contributed by atoms with E-state index in [-0.39, 0.29) is 24.0 Å². The molecule has 1 N–H and O–H groups in total. The molecule has 1 amide bonds. The molecule has 2 aliphatic rings. The van der Waals surface area contributed by atoms with E-state index in [1.165, 1.54) is 0 Å².